The topological polar surface area (TPSA) is 80.6 Å². The Morgan fingerprint density at radius 1 is 0.286 bits per heavy atom. The van der Waals surface area contributed by atoms with E-state index in [1.165, 1.54) is 49.9 Å². The quantitative estimate of drug-likeness (QED) is 0.202. The molecule has 8 heteroatoms. The lowest BCUT2D eigenvalue weighted by atomic mass is 10.1. The lowest BCUT2D eigenvalue weighted by molar-refractivity contribution is 0.578. The lowest BCUT2D eigenvalue weighted by Gasteiger charge is -2.28. The number of rotatable bonds is 8. The number of azo groups is 3. The highest BCUT2D eigenvalue weighted by atomic mass is 15.1. The molecule has 212 valence electrons. The van der Waals surface area contributed by atoms with Crippen LogP contribution in [0.5, 0.6) is 0 Å². The summed E-state index contributed by atoms with van der Waals surface area (Å²) < 4.78 is 0. The highest BCUT2D eigenvalue weighted by molar-refractivity contribution is 5.55. The molecule has 2 heterocycles. The molecule has 42 heavy (non-hydrogen) atoms. The summed E-state index contributed by atoms with van der Waals surface area (Å²) in [6.07, 6.45) is 7.74. The van der Waals surface area contributed by atoms with E-state index in [1.54, 1.807) is 0 Å². The Labute approximate surface area is 247 Å². The van der Waals surface area contributed by atoms with Gasteiger partial charge in [0.15, 0.2) is 0 Å². The third-order valence-electron chi connectivity index (χ3n) is 7.68. The van der Waals surface area contributed by atoms with E-state index < -0.39 is 0 Å². The van der Waals surface area contributed by atoms with Crippen molar-refractivity contribution in [3.63, 3.8) is 0 Å². The maximum Gasteiger partial charge on any atom is 0.0858 e. The van der Waals surface area contributed by atoms with E-state index in [2.05, 4.69) is 64.8 Å². The van der Waals surface area contributed by atoms with Gasteiger partial charge in [-0.25, -0.2) is 0 Å². The first kappa shape index (κ1) is 27.4. The monoisotopic (exact) mass is 556 g/mol. The van der Waals surface area contributed by atoms with Gasteiger partial charge in [0.25, 0.3) is 0 Å². The minimum atomic E-state index is 0.747. The van der Waals surface area contributed by atoms with Gasteiger partial charge in [-0.1, -0.05) is 0 Å². The van der Waals surface area contributed by atoms with Crippen molar-refractivity contribution >= 4 is 45.5 Å². The van der Waals surface area contributed by atoms with E-state index in [0.29, 0.717) is 0 Å². The van der Waals surface area contributed by atoms with Crippen LogP contribution in [0.15, 0.2) is 128 Å². The number of benzene rings is 4. The summed E-state index contributed by atoms with van der Waals surface area (Å²) in [6.45, 7) is 4.54. The molecule has 4 aromatic carbocycles. The molecule has 0 atom stereocenters. The zero-order chi connectivity index (χ0) is 28.4. The fourth-order valence-corrected chi connectivity index (χ4v) is 5.28. The van der Waals surface area contributed by atoms with Gasteiger partial charge in [-0.2, -0.15) is 30.7 Å². The molecular formula is C34H36N8. The molecule has 8 nitrogen and oxygen atoms in total. The molecule has 0 N–H and O–H groups in total. The molecule has 2 fully saturated rings. The van der Waals surface area contributed by atoms with Crippen LogP contribution < -0.4 is 9.80 Å². The Bertz CT molecular complexity index is 1380. The van der Waals surface area contributed by atoms with Crippen LogP contribution in [-0.4, -0.2) is 26.2 Å². The van der Waals surface area contributed by atoms with Crippen LogP contribution in [0.3, 0.4) is 0 Å². The summed E-state index contributed by atoms with van der Waals surface area (Å²) in [5.41, 5.74) is 7.23. The standard InChI is InChI=1S/C34H36N8/c1-3-23-41(24-4-1)33-19-15-31(16-20-33)39-37-29-11-7-27(8-12-29)35-36-28-9-13-30(14-10-28)38-40-32-17-21-34(22-18-32)42-25-5-2-6-26-42/h7-22H,1-6,23-26H2. The van der Waals surface area contributed by atoms with E-state index in [4.69, 9.17) is 0 Å². The third kappa shape index (κ3) is 7.51. The molecule has 2 aliphatic heterocycles. The summed E-state index contributed by atoms with van der Waals surface area (Å²) in [4.78, 5) is 4.88. The first-order valence-corrected chi connectivity index (χ1v) is 14.9. The fourth-order valence-electron chi connectivity index (χ4n) is 5.28. The second kappa shape index (κ2) is 13.8. The van der Waals surface area contributed by atoms with E-state index in [0.717, 1.165) is 60.3 Å². The maximum atomic E-state index is 4.39. The zero-order valence-electron chi connectivity index (χ0n) is 23.9. The van der Waals surface area contributed by atoms with Gasteiger partial charge in [-0.3, -0.25) is 0 Å². The SMILES string of the molecule is c1cc(N=Nc2ccc(N3CCCCC3)cc2)ccc1N=Nc1ccc(N=Nc2ccc(N3CCCCC3)cc2)cc1. The number of piperidine rings is 2. The number of nitrogens with zero attached hydrogens (tertiary/aromatic N) is 8. The molecule has 0 spiro atoms. The minimum Gasteiger partial charge on any atom is -0.372 e. The molecule has 2 aliphatic rings. The predicted octanol–water partition coefficient (Wildman–Crippen LogP) is 10.9. The molecule has 0 aromatic heterocycles. The van der Waals surface area contributed by atoms with Gasteiger partial charge in [0, 0.05) is 37.6 Å². The molecule has 0 aliphatic carbocycles. The summed E-state index contributed by atoms with van der Waals surface area (Å²) in [6, 6.07) is 31.7. The summed E-state index contributed by atoms with van der Waals surface area (Å²) in [7, 11) is 0. The second-order valence-corrected chi connectivity index (χ2v) is 10.8. The molecule has 4 aromatic rings. The van der Waals surface area contributed by atoms with Crippen LogP contribution in [0.4, 0.5) is 45.5 Å². The fraction of sp³-hybridized carbons (Fsp3) is 0.294. The summed E-state index contributed by atoms with van der Waals surface area (Å²) >= 11 is 0. The Balaban J connectivity index is 0.996. The highest BCUT2D eigenvalue weighted by Crippen LogP contribution is 2.28. The molecule has 2 saturated heterocycles. The summed E-state index contributed by atoms with van der Waals surface area (Å²) in [5, 5.41) is 26.2. The Morgan fingerprint density at radius 2 is 0.500 bits per heavy atom. The minimum absolute atomic E-state index is 0.747. The van der Waals surface area contributed by atoms with E-state index in [9.17, 15) is 0 Å². The van der Waals surface area contributed by atoms with Crippen LogP contribution in [-0.2, 0) is 0 Å². The molecule has 0 radical (unpaired) electrons. The van der Waals surface area contributed by atoms with Crippen LogP contribution in [0.2, 0.25) is 0 Å². The second-order valence-electron chi connectivity index (χ2n) is 10.8. The van der Waals surface area contributed by atoms with Crippen molar-refractivity contribution in [2.24, 2.45) is 30.7 Å². The maximum absolute atomic E-state index is 4.39. The van der Waals surface area contributed by atoms with Crippen LogP contribution in [0, 0.1) is 0 Å². The largest absolute Gasteiger partial charge is 0.372 e. The van der Waals surface area contributed by atoms with Crippen molar-refractivity contribution in [3.05, 3.63) is 97.1 Å². The van der Waals surface area contributed by atoms with Gasteiger partial charge in [0.1, 0.15) is 0 Å². The van der Waals surface area contributed by atoms with E-state index in [1.807, 2.05) is 72.8 Å². The van der Waals surface area contributed by atoms with Gasteiger partial charge in [-0.05, 0) is 136 Å². The van der Waals surface area contributed by atoms with Crippen molar-refractivity contribution in [2.45, 2.75) is 38.5 Å². The van der Waals surface area contributed by atoms with Gasteiger partial charge in [0.2, 0.25) is 0 Å². The molecular weight excluding hydrogens is 520 g/mol. The average molecular weight is 557 g/mol. The van der Waals surface area contributed by atoms with Gasteiger partial charge in [0.05, 0.1) is 34.1 Å². The van der Waals surface area contributed by atoms with Crippen LogP contribution in [0.1, 0.15) is 38.5 Å². The lowest BCUT2D eigenvalue weighted by Crippen LogP contribution is -2.29. The first-order chi connectivity index (χ1) is 20.8. The first-order valence-electron chi connectivity index (χ1n) is 14.9. The zero-order valence-corrected chi connectivity index (χ0v) is 23.9. The van der Waals surface area contributed by atoms with E-state index in [-0.39, 0.29) is 0 Å². The number of anilines is 2. The Kier molecular flexibility index (Phi) is 9.00. The van der Waals surface area contributed by atoms with Gasteiger partial charge in [-0.15, -0.1) is 0 Å². The molecule has 6 rings (SSSR count). The van der Waals surface area contributed by atoms with Crippen molar-refractivity contribution in [3.8, 4) is 0 Å². The Hall–Kier alpha value is -4.72. The molecule has 0 amide bonds. The van der Waals surface area contributed by atoms with Gasteiger partial charge >= 0.3 is 0 Å². The summed E-state index contributed by atoms with van der Waals surface area (Å²) in [5.74, 6) is 0. The molecule has 0 saturated carbocycles. The molecule has 0 unspecified atom stereocenters. The number of hydrogen-bond acceptors (Lipinski definition) is 8. The normalized spacial score (nSPS) is 16.2. The van der Waals surface area contributed by atoms with Crippen molar-refractivity contribution in [1.29, 1.82) is 0 Å². The highest BCUT2D eigenvalue weighted by Gasteiger charge is 2.11. The van der Waals surface area contributed by atoms with Crippen molar-refractivity contribution < 1.29 is 0 Å². The van der Waals surface area contributed by atoms with Crippen LogP contribution in [0.25, 0.3) is 0 Å². The van der Waals surface area contributed by atoms with Gasteiger partial charge < -0.3 is 9.80 Å². The average Bonchev–Trinajstić information content (AvgIpc) is 3.08. The smallest absolute Gasteiger partial charge is 0.0858 e. The van der Waals surface area contributed by atoms with E-state index >= 15 is 0 Å². The predicted molar refractivity (Wildman–Crippen MR) is 170 cm³/mol. The number of hydrogen-bond donors (Lipinski definition) is 0. The third-order valence-corrected chi connectivity index (χ3v) is 7.68. The molecule has 0 bridgehead atoms. The van der Waals surface area contributed by atoms with Crippen molar-refractivity contribution in [1.82, 2.24) is 0 Å². The Morgan fingerprint density at radius 3 is 0.738 bits per heavy atom. The van der Waals surface area contributed by atoms with Crippen LogP contribution >= 0.6 is 0 Å². The van der Waals surface area contributed by atoms with Crippen molar-refractivity contribution in [2.75, 3.05) is 36.0 Å².